The third kappa shape index (κ3) is 6.13. The topological polar surface area (TPSA) is 173 Å². The largest absolute Gasteiger partial charge is 0.481 e. The second-order valence-corrected chi connectivity index (χ2v) is 5.81. The van der Waals surface area contributed by atoms with Crippen LogP contribution in [0.15, 0.2) is 0 Å². The zero-order valence-electron chi connectivity index (χ0n) is 13.0. The molecule has 2 aliphatic rings. The first kappa shape index (κ1) is 19.8. The standard InChI is InChI=1S/2C7H11NO4/c2*9-6(10)4-1-2-8-5(3-4)7(11)12/h2*4-5,8H,1-3H2,(H,9,10)(H,11,12)/t2*4-,5+/m10/s1. The summed E-state index contributed by atoms with van der Waals surface area (Å²) in [5, 5.41) is 39.9. The van der Waals surface area contributed by atoms with Crippen LogP contribution in [-0.4, -0.2) is 69.5 Å². The number of carboxylic acids is 4. The number of piperidine rings is 2. The van der Waals surface area contributed by atoms with Crippen molar-refractivity contribution in [2.24, 2.45) is 11.8 Å². The van der Waals surface area contributed by atoms with Crippen molar-refractivity contribution in [1.82, 2.24) is 10.6 Å². The molecule has 2 rings (SSSR count). The fraction of sp³-hybridized carbons (Fsp3) is 0.714. The van der Waals surface area contributed by atoms with Gasteiger partial charge in [0.05, 0.1) is 11.8 Å². The number of aliphatic carboxylic acids is 4. The van der Waals surface area contributed by atoms with Crippen LogP contribution in [-0.2, 0) is 19.2 Å². The molecule has 0 aromatic rings. The maximum atomic E-state index is 10.5. The monoisotopic (exact) mass is 346 g/mol. The fourth-order valence-corrected chi connectivity index (χ4v) is 2.66. The Bertz CT molecular complexity index is 411. The molecule has 0 aromatic heterocycles. The molecule has 2 heterocycles. The minimum absolute atomic E-state index is 0.185. The quantitative estimate of drug-likeness (QED) is 0.372. The van der Waals surface area contributed by atoms with Crippen molar-refractivity contribution < 1.29 is 39.6 Å². The fourth-order valence-electron chi connectivity index (χ4n) is 2.66. The van der Waals surface area contributed by atoms with Crippen molar-refractivity contribution in [1.29, 1.82) is 0 Å². The predicted molar refractivity (Wildman–Crippen MR) is 79.6 cm³/mol. The Morgan fingerprint density at radius 3 is 1.21 bits per heavy atom. The lowest BCUT2D eigenvalue weighted by Gasteiger charge is -2.24. The van der Waals surface area contributed by atoms with Crippen LogP contribution in [0.1, 0.15) is 25.7 Å². The maximum Gasteiger partial charge on any atom is 0.320 e. The normalized spacial score (nSPS) is 29.7. The van der Waals surface area contributed by atoms with Crippen molar-refractivity contribution in [3.8, 4) is 0 Å². The summed E-state index contributed by atoms with van der Waals surface area (Å²) in [6.45, 7) is 0.932. The molecule has 0 radical (unpaired) electrons. The van der Waals surface area contributed by atoms with E-state index >= 15 is 0 Å². The molecule has 0 bridgehead atoms. The summed E-state index contributed by atoms with van der Waals surface area (Å²) in [6.07, 6.45) is 1.40. The van der Waals surface area contributed by atoms with Crippen LogP contribution in [0.2, 0.25) is 0 Å². The molecule has 0 unspecified atom stereocenters. The predicted octanol–water partition coefficient (Wildman–Crippen LogP) is -0.952. The number of carboxylic acid groups (broad SMARTS) is 4. The summed E-state index contributed by atoms with van der Waals surface area (Å²) in [5.41, 5.74) is 0. The van der Waals surface area contributed by atoms with Gasteiger partial charge < -0.3 is 31.1 Å². The Morgan fingerprint density at radius 2 is 0.958 bits per heavy atom. The lowest BCUT2D eigenvalue weighted by molar-refractivity contribution is -0.147. The third-order valence-electron chi connectivity index (χ3n) is 4.10. The number of nitrogens with one attached hydrogen (secondary N) is 2. The molecule has 0 aliphatic carbocycles. The lowest BCUT2D eigenvalue weighted by Crippen LogP contribution is -2.45. The smallest absolute Gasteiger partial charge is 0.320 e. The van der Waals surface area contributed by atoms with Crippen molar-refractivity contribution >= 4 is 23.9 Å². The average Bonchev–Trinajstić information content (AvgIpc) is 2.55. The summed E-state index contributed by atoms with van der Waals surface area (Å²) in [4.78, 5) is 41.9. The van der Waals surface area contributed by atoms with Gasteiger partial charge in [0, 0.05) is 0 Å². The number of carbonyl (C=O) groups is 4. The Balaban J connectivity index is 0.000000240. The van der Waals surface area contributed by atoms with Gasteiger partial charge in [-0.2, -0.15) is 0 Å². The van der Waals surface area contributed by atoms with E-state index < -0.39 is 47.8 Å². The zero-order chi connectivity index (χ0) is 18.3. The van der Waals surface area contributed by atoms with Gasteiger partial charge in [-0.15, -0.1) is 0 Å². The summed E-state index contributed by atoms with van der Waals surface area (Å²) < 4.78 is 0. The minimum atomic E-state index is -0.971. The molecular weight excluding hydrogens is 324 g/mol. The number of hydrogen-bond donors (Lipinski definition) is 6. The molecule has 136 valence electrons. The highest BCUT2D eigenvalue weighted by Gasteiger charge is 2.31. The van der Waals surface area contributed by atoms with Gasteiger partial charge in [-0.05, 0) is 38.8 Å². The molecule has 4 atom stereocenters. The Labute approximate surface area is 137 Å². The second-order valence-electron chi connectivity index (χ2n) is 5.81. The third-order valence-corrected chi connectivity index (χ3v) is 4.10. The molecule has 10 heteroatoms. The Hall–Kier alpha value is -2.20. The summed E-state index contributed by atoms with van der Waals surface area (Å²) in [7, 11) is 0. The molecule has 6 N–H and O–H groups in total. The summed E-state index contributed by atoms with van der Waals surface area (Å²) >= 11 is 0. The number of rotatable bonds is 4. The molecule has 0 saturated carbocycles. The molecule has 2 aliphatic heterocycles. The van der Waals surface area contributed by atoms with Crippen LogP contribution >= 0.6 is 0 Å². The lowest BCUT2D eigenvalue weighted by atomic mass is 9.93. The first-order chi connectivity index (χ1) is 11.2. The molecular formula is C14H22N2O8. The molecule has 0 amide bonds. The van der Waals surface area contributed by atoms with Crippen molar-refractivity contribution in [3.63, 3.8) is 0 Å². The molecule has 2 fully saturated rings. The van der Waals surface area contributed by atoms with Crippen LogP contribution < -0.4 is 10.6 Å². The molecule has 2 saturated heterocycles. The summed E-state index contributed by atoms with van der Waals surface area (Å²) in [5.74, 6) is -4.76. The van der Waals surface area contributed by atoms with Gasteiger partial charge in [-0.25, -0.2) is 0 Å². The second kappa shape index (κ2) is 9.18. The van der Waals surface area contributed by atoms with Crippen LogP contribution in [0.4, 0.5) is 0 Å². The van der Waals surface area contributed by atoms with E-state index in [9.17, 15) is 19.2 Å². The van der Waals surface area contributed by atoms with E-state index in [0.717, 1.165) is 0 Å². The summed E-state index contributed by atoms with van der Waals surface area (Å²) in [6, 6.07) is -1.39. The Kier molecular flexibility index (Phi) is 7.59. The molecule has 10 nitrogen and oxygen atoms in total. The van der Waals surface area contributed by atoms with Crippen LogP contribution in [0.25, 0.3) is 0 Å². The highest BCUT2D eigenvalue weighted by molar-refractivity contribution is 5.77. The zero-order valence-corrected chi connectivity index (χ0v) is 13.0. The average molecular weight is 346 g/mol. The van der Waals surface area contributed by atoms with Gasteiger partial charge in [0.15, 0.2) is 0 Å². The van der Waals surface area contributed by atoms with E-state index in [1.165, 1.54) is 0 Å². The van der Waals surface area contributed by atoms with Crippen molar-refractivity contribution in [2.45, 2.75) is 37.8 Å². The SMILES string of the molecule is O=C(O)[C@@H]1CCN[C@H](C(=O)O)C1.O=C(O)[C@H]1CCN[C@@H](C(=O)O)C1. The van der Waals surface area contributed by atoms with Crippen LogP contribution in [0, 0.1) is 11.8 Å². The Morgan fingerprint density at radius 1 is 0.625 bits per heavy atom. The maximum absolute atomic E-state index is 10.5. The van der Waals surface area contributed by atoms with Gasteiger partial charge in [0.1, 0.15) is 12.1 Å². The first-order valence-corrected chi connectivity index (χ1v) is 7.60. The molecule has 24 heavy (non-hydrogen) atoms. The molecule has 0 spiro atoms. The van der Waals surface area contributed by atoms with E-state index in [1.54, 1.807) is 0 Å². The van der Waals surface area contributed by atoms with Gasteiger partial charge in [-0.1, -0.05) is 0 Å². The van der Waals surface area contributed by atoms with E-state index in [1.807, 2.05) is 0 Å². The van der Waals surface area contributed by atoms with Gasteiger partial charge in [-0.3, -0.25) is 19.2 Å². The van der Waals surface area contributed by atoms with Crippen LogP contribution in [0.3, 0.4) is 0 Å². The van der Waals surface area contributed by atoms with Crippen LogP contribution in [0.5, 0.6) is 0 Å². The van der Waals surface area contributed by atoms with Gasteiger partial charge >= 0.3 is 23.9 Å². The highest BCUT2D eigenvalue weighted by Crippen LogP contribution is 2.17. The van der Waals surface area contributed by atoms with E-state index in [-0.39, 0.29) is 12.8 Å². The van der Waals surface area contributed by atoms with E-state index in [0.29, 0.717) is 25.9 Å². The minimum Gasteiger partial charge on any atom is -0.481 e. The van der Waals surface area contributed by atoms with E-state index in [4.69, 9.17) is 20.4 Å². The molecule has 0 aromatic carbocycles. The van der Waals surface area contributed by atoms with Gasteiger partial charge in [0.2, 0.25) is 0 Å². The van der Waals surface area contributed by atoms with Gasteiger partial charge in [0.25, 0.3) is 0 Å². The highest BCUT2D eigenvalue weighted by atomic mass is 16.4. The number of hydrogen-bond acceptors (Lipinski definition) is 6. The van der Waals surface area contributed by atoms with Crippen molar-refractivity contribution in [3.05, 3.63) is 0 Å². The van der Waals surface area contributed by atoms with E-state index in [2.05, 4.69) is 10.6 Å². The van der Waals surface area contributed by atoms with Crippen molar-refractivity contribution in [2.75, 3.05) is 13.1 Å². The first-order valence-electron chi connectivity index (χ1n) is 7.60.